The molecule has 0 aliphatic heterocycles. The number of aromatic nitrogens is 3. The predicted molar refractivity (Wildman–Crippen MR) is 63.9 cm³/mol. The lowest BCUT2D eigenvalue weighted by atomic mass is 10.2. The minimum Gasteiger partial charge on any atom is -0.300 e. The summed E-state index contributed by atoms with van der Waals surface area (Å²) in [5.74, 6) is 0.818. The maximum atomic E-state index is 6.16. The molecule has 0 fully saturated rings. The number of hydrogen-bond donors (Lipinski definition) is 0. The Morgan fingerprint density at radius 1 is 1.12 bits per heavy atom. The van der Waals surface area contributed by atoms with Gasteiger partial charge in [0.2, 0.25) is 0 Å². The zero-order chi connectivity index (χ0) is 11.0. The molecule has 0 saturated carbocycles. The van der Waals surface area contributed by atoms with Crippen LogP contribution in [0.1, 0.15) is 0 Å². The highest BCUT2D eigenvalue weighted by Crippen LogP contribution is 2.27. The third kappa shape index (κ3) is 1.37. The van der Waals surface area contributed by atoms with Gasteiger partial charge in [-0.15, -0.1) is 0 Å². The molecule has 2 aromatic heterocycles. The van der Waals surface area contributed by atoms with Gasteiger partial charge in [-0.3, -0.25) is 4.57 Å². The second-order valence-electron chi connectivity index (χ2n) is 3.43. The molecule has 0 amide bonds. The Kier molecular flexibility index (Phi) is 2.11. The van der Waals surface area contributed by atoms with Crippen LogP contribution in [0.25, 0.3) is 16.7 Å². The second kappa shape index (κ2) is 3.61. The van der Waals surface area contributed by atoms with Gasteiger partial charge < -0.3 is 0 Å². The third-order valence-electron chi connectivity index (χ3n) is 2.48. The predicted octanol–water partition coefficient (Wildman–Crippen LogP) is 3.07. The van der Waals surface area contributed by atoms with Gasteiger partial charge >= 0.3 is 0 Å². The molecule has 0 radical (unpaired) electrons. The van der Waals surface area contributed by atoms with Crippen LogP contribution in [0.3, 0.4) is 0 Å². The molecule has 0 atom stereocenters. The van der Waals surface area contributed by atoms with E-state index in [-0.39, 0.29) is 0 Å². The molecule has 0 aliphatic rings. The molecule has 0 aliphatic carbocycles. The molecule has 1 aromatic carbocycles. The summed E-state index contributed by atoms with van der Waals surface area (Å²) in [7, 11) is 0. The monoisotopic (exact) mass is 229 g/mol. The van der Waals surface area contributed by atoms with Gasteiger partial charge in [-0.05, 0) is 12.1 Å². The van der Waals surface area contributed by atoms with Crippen LogP contribution in [0.2, 0.25) is 5.02 Å². The summed E-state index contributed by atoms with van der Waals surface area (Å²) in [6, 6.07) is 9.82. The van der Waals surface area contributed by atoms with Crippen molar-refractivity contribution in [3.05, 3.63) is 54.1 Å². The number of hydrogen-bond acceptors (Lipinski definition) is 2. The van der Waals surface area contributed by atoms with Crippen LogP contribution < -0.4 is 0 Å². The topological polar surface area (TPSA) is 30.7 Å². The zero-order valence-electron chi connectivity index (χ0n) is 8.34. The van der Waals surface area contributed by atoms with Gasteiger partial charge in [0.15, 0.2) is 0 Å². The average Bonchev–Trinajstić information content (AvgIpc) is 2.69. The highest BCUT2D eigenvalue weighted by Gasteiger charge is 2.07. The first-order valence-electron chi connectivity index (χ1n) is 4.88. The molecule has 3 nitrogen and oxygen atoms in total. The van der Waals surface area contributed by atoms with E-state index in [9.17, 15) is 0 Å². The number of rotatable bonds is 1. The summed E-state index contributed by atoms with van der Waals surface area (Å²) >= 11 is 6.16. The highest BCUT2D eigenvalue weighted by molar-refractivity contribution is 6.35. The van der Waals surface area contributed by atoms with Crippen LogP contribution in [0, 0.1) is 0 Å². The quantitative estimate of drug-likeness (QED) is 0.642. The van der Waals surface area contributed by atoms with Crippen molar-refractivity contribution in [1.29, 1.82) is 0 Å². The van der Waals surface area contributed by atoms with E-state index in [2.05, 4.69) is 9.97 Å². The Labute approximate surface area is 97.3 Å². The molecule has 0 spiro atoms. The van der Waals surface area contributed by atoms with E-state index in [0.717, 1.165) is 21.7 Å². The maximum absolute atomic E-state index is 6.16. The largest absolute Gasteiger partial charge is 0.300 e. The van der Waals surface area contributed by atoms with Crippen LogP contribution in [0.15, 0.2) is 49.1 Å². The average molecular weight is 230 g/mol. The van der Waals surface area contributed by atoms with Crippen LogP contribution in [-0.4, -0.2) is 14.5 Å². The minimum absolute atomic E-state index is 0.731. The van der Waals surface area contributed by atoms with E-state index in [0.29, 0.717) is 0 Å². The van der Waals surface area contributed by atoms with Gasteiger partial charge in [0.05, 0.1) is 10.5 Å². The molecular weight excluding hydrogens is 222 g/mol. The van der Waals surface area contributed by atoms with Gasteiger partial charge in [-0.25, -0.2) is 9.97 Å². The van der Waals surface area contributed by atoms with Crippen molar-refractivity contribution >= 4 is 22.5 Å². The normalized spacial score (nSPS) is 10.8. The van der Waals surface area contributed by atoms with Crippen molar-refractivity contribution in [3.8, 4) is 5.82 Å². The van der Waals surface area contributed by atoms with Crippen LogP contribution in [-0.2, 0) is 0 Å². The molecule has 3 aromatic rings. The van der Waals surface area contributed by atoms with Crippen molar-refractivity contribution in [3.63, 3.8) is 0 Å². The number of fused-ring (bicyclic) bond motifs is 1. The van der Waals surface area contributed by atoms with E-state index in [1.54, 1.807) is 6.20 Å². The Hall–Kier alpha value is -1.87. The van der Waals surface area contributed by atoms with Crippen molar-refractivity contribution < 1.29 is 0 Å². The summed E-state index contributed by atoms with van der Waals surface area (Å²) in [4.78, 5) is 8.11. The lowest BCUT2D eigenvalue weighted by Gasteiger charge is -2.02. The van der Waals surface area contributed by atoms with E-state index in [1.165, 1.54) is 6.33 Å². The van der Waals surface area contributed by atoms with Gasteiger partial charge in [0, 0.05) is 17.8 Å². The third-order valence-corrected chi connectivity index (χ3v) is 2.78. The van der Waals surface area contributed by atoms with Crippen LogP contribution in [0.4, 0.5) is 0 Å². The molecule has 4 heteroatoms. The molecule has 78 valence electrons. The van der Waals surface area contributed by atoms with Crippen molar-refractivity contribution in [2.24, 2.45) is 0 Å². The zero-order valence-corrected chi connectivity index (χ0v) is 9.09. The molecule has 0 unspecified atom stereocenters. The summed E-state index contributed by atoms with van der Waals surface area (Å²) in [5.41, 5.74) is 1.05. The standard InChI is InChI=1S/C12H8ClN3/c13-10-7-16(12-5-6-14-8-15-12)11-4-2-1-3-9(10)11/h1-8H. The number of nitrogens with zero attached hydrogens (tertiary/aromatic N) is 3. The molecule has 2 heterocycles. The molecule has 16 heavy (non-hydrogen) atoms. The number of para-hydroxylation sites is 1. The first kappa shape index (κ1) is 9.36. The van der Waals surface area contributed by atoms with Gasteiger partial charge in [0.25, 0.3) is 0 Å². The summed E-state index contributed by atoms with van der Waals surface area (Å²) in [6.07, 6.45) is 5.11. The fourth-order valence-corrected chi connectivity index (χ4v) is 2.01. The first-order valence-corrected chi connectivity index (χ1v) is 5.26. The molecule has 0 N–H and O–H groups in total. The number of halogens is 1. The second-order valence-corrected chi connectivity index (χ2v) is 3.84. The van der Waals surface area contributed by atoms with Crippen molar-refractivity contribution in [1.82, 2.24) is 14.5 Å². The van der Waals surface area contributed by atoms with Crippen molar-refractivity contribution in [2.75, 3.05) is 0 Å². The molecular formula is C12H8ClN3. The van der Waals surface area contributed by atoms with Crippen LogP contribution >= 0.6 is 11.6 Å². The lowest BCUT2D eigenvalue weighted by Crippen LogP contribution is -1.94. The molecule has 3 rings (SSSR count). The van der Waals surface area contributed by atoms with E-state index in [4.69, 9.17) is 11.6 Å². The van der Waals surface area contributed by atoms with Crippen LogP contribution in [0.5, 0.6) is 0 Å². The lowest BCUT2D eigenvalue weighted by molar-refractivity contribution is 1.01. The smallest absolute Gasteiger partial charge is 0.140 e. The summed E-state index contributed by atoms with van der Waals surface area (Å²) in [5, 5.41) is 1.76. The van der Waals surface area contributed by atoms with E-state index >= 15 is 0 Å². The molecule has 0 bridgehead atoms. The van der Waals surface area contributed by atoms with E-state index in [1.807, 2.05) is 41.1 Å². The Balaban J connectivity index is 2.33. The fraction of sp³-hybridized carbons (Fsp3) is 0. The summed E-state index contributed by atoms with van der Waals surface area (Å²) < 4.78 is 1.96. The first-order chi connectivity index (χ1) is 7.86. The van der Waals surface area contributed by atoms with Gasteiger partial charge in [-0.1, -0.05) is 29.8 Å². The Morgan fingerprint density at radius 3 is 2.81 bits per heavy atom. The van der Waals surface area contributed by atoms with E-state index < -0.39 is 0 Å². The van der Waals surface area contributed by atoms with Crippen molar-refractivity contribution in [2.45, 2.75) is 0 Å². The fourth-order valence-electron chi connectivity index (χ4n) is 1.75. The SMILES string of the molecule is Clc1cn(-c2ccncn2)c2ccccc12. The highest BCUT2D eigenvalue weighted by atomic mass is 35.5. The number of benzene rings is 1. The molecule has 0 saturated heterocycles. The minimum atomic E-state index is 0.731. The Morgan fingerprint density at radius 2 is 2.00 bits per heavy atom. The van der Waals surface area contributed by atoms with Gasteiger partial charge in [0.1, 0.15) is 12.1 Å². The maximum Gasteiger partial charge on any atom is 0.140 e. The summed E-state index contributed by atoms with van der Waals surface area (Å²) in [6.45, 7) is 0. The Bertz CT molecular complexity index is 631. The van der Waals surface area contributed by atoms with Gasteiger partial charge in [-0.2, -0.15) is 0 Å².